The summed E-state index contributed by atoms with van der Waals surface area (Å²) in [6.45, 7) is 0.417. The highest BCUT2D eigenvalue weighted by atomic mass is 16.4. The lowest BCUT2D eigenvalue weighted by Gasteiger charge is -2.10. The SMILES string of the molecule is O=C(O)c1ccc(Cn2c(=O)ccc3ccccc32)cc1. The van der Waals surface area contributed by atoms with Crippen LogP contribution in [0.25, 0.3) is 10.9 Å². The molecule has 0 aliphatic heterocycles. The number of hydrogen-bond acceptors (Lipinski definition) is 2. The molecule has 0 spiro atoms. The molecule has 1 N–H and O–H groups in total. The van der Waals surface area contributed by atoms with Crippen LogP contribution >= 0.6 is 0 Å². The Morgan fingerprint density at radius 2 is 1.67 bits per heavy atom. The summed E-state index contributed by atoms with van der Waals surface area (Å²) in [5, 5.41) is 9.90. The fraction of sp³-hybridized carbons (Fsp3) is 0.0588. The van der Waals surface area contributed by atoms with Crippen molar-refractivity contribution >= 4 is 16.9 Å². The Kier molecular flexibility index (Phi) is 3.28. The number of carbonyl (C=O) groups is 1. The zero-order valence-electron chi connectivity index (χ0n) is 11.2. The highest BCUT2D eigenvalue weighted by Crippen LogP contribution is 2.13. The molecule has 1 aromatic heterocycles. The lowest BCUT2D eigenvalue weighted by Crippen LogP contribution is -2.19. The third kappa shape index (κ3) is 2.56. The molecule has 21 heavy (non-hydrogen) atoms. The van der Waals surface area contributed by atoms with E-state index >= 15 is 0 Å². The van der Waals surface area contributed by atoms with Crippen molar-refractivity contribution in [3.63, 3.8) is 0 Å². The number of pyridine rings is 1. The average molecular weight is 279 g/mol. The van der Waals surface area contributed by atoms with E-state index in [9.17, 15) is 9.59 Å². The minimum Gasteiger partial charge on any atom is -0.478 e. The minimum atomic E-state index is -0.955. The van der Waals surface area contributed by atoms with Gasteiger partial charge in [0.05, 0.1) is 17.6 Å². The van der Waals surface area contributed by atoms with Crippen LogP contribution in [-0.4, -0.2) is 15.6 Å². The van der Waals surface area contributed by atoms with Crippen molar-refractivity contribution < 1.29 is 9.90 Å². The van der Waals surface area contributed by atoms with Crippen LogP contribution in [-0.2, 0) is 6.54 Å². The highest BCUT2D eigenvalue weighted by Gasteiger charge is 2.05. The fourth-order valence-corrected chi connectivity index (χ4v) is 2.34. The largest absolute Gasteiger partial charge is 0.478 e. The molecule has 1 heterocycles. The van der Waals surface area contributed by atoms with Crippen molar-refractivity contribution in [3.8, 4) is 0 Å². The molecule has 4 nitrogen and oxygen atoms in total. The zero-order chi connectivity index (χ0) is 14.8. The molecular weight excluding hydrogens is 266 g/mol. The minimum absolute atomic E-state index is 0.0731. The molecule has 2 aromatic carbocycles. The van der Waals surface area contributed by atoms with E-state index in [1.54, 1.807) is 34.9 Å². The molecule has 104 valence electrons. The summed E-state index contributed by atoms with van der Waals surface area (Å²) in [6.07, 6.45) is 0. The standard InChI is InChI=1S/C17H13NO3/c19-16-10-9-13-3-1-2-4-15(13)18(16)11-12-5-7-14(8-6-12)17(20)21/h1-10H,11H2,(H,20,21). The molecule has 0 amide bonds. The van der Waals surface area contributed by atoms with Crippen LogP contribution in [0.15, 0.2) is 65.5 Å². The maximum Gasteiger partial charge on any atom is 0.335 e. The van der Waals surface area contributed by atoms with Crippen LogP contribution in [0.3, 0.4) is 0 Å². The summed E-state index contributed by atoms with van der Waals surface area (Å²) in [5.41, 5.74) is 1.92. The zero-order valence-corrected chi connectivity index (χ0v) is 11.2. The molecule has 0 bridgehead atoms. The van der Waals surface area contributed by atoms with Crippen molar-refractivity contribution in [2.45, 2.75) is 6.54 Å². The van der Waals surface area contributed by atoms with Gasteiger partial charge in [-0.3, -0.25) is 4.79 Å². The van der Waals surface area contributed by atoms with Gasteiger partial charge < -0.3 is 9.67 Å². The van der Waals surface area contributed by atoms with Crippen LogP contribution in [0.1, 0.15) is 15.9 Å². The lowest BCUT2D eigenvalue weighted by atomic mass is 10.1. The third-order valence-electron chi connectivity index (χ3n) is 3.44. The normalized spacial score (nSPS) is 10.7. The number of hydrogen-bond donors (Lipinski definition) is 1. The van der Waals surface area contributed by atoms with E-state index in [0.717, 1.165) is 16.5 Å². The Hall–Kier alpha value is -2.88. The third-order valence-corrected chi connectivity index (χ3v) is 3.44. The molecule has 4 heteroatoms. The maximum atomic E-state index is 12.1. The summed E-state index contributed by atoms with van der Waals surface area (Å²) in [5.74, 6) is -0.955. The Balaban J connectivity index is 2.03. The number of aromatic carboxylic acids is 1. The predicted octanol–water partition coefficient (Wildman–Crippen LogP) is 2.75. The van der Waals surface area contributed by atoms with Gasteiger partial charge in [-0.2, -0.15) is 0 Å². The molecule has 0 saturated carbocycles. The number of rotatable bonds is 3. The van der Waals surface area contributed by atoms with Gasteiger partial charge in [-0.1, -0.05) is 30.3 Å². The van der Waals surface area contributed by atoms with Crippen LogP contribution < -0.4 is 5.56 Å². The molecular formula is C17H13NO3. The second kappa shape index (κ2) is 5.25. The van der Waals surface area contributed by atoms with E-state index in [2.05, 4.69) is 0 Å². The van der Waals surface area contributed by atoms with Crippen LogP contribution in [0.5, 0.6) is 0 Å². The van der Waals surface area contributed by atoms with Gasteiger partial charge in [0.1, 0.15) is 0 Å². The smallest absolute Gasteiger partial charge is 0.335 e. The first-order valence-electron chi connectivity index (χ1n) is 6.56. The second-order valence-electron chi connectivity index (χ2n) is 4.82. The van der Waals surface area contributed by atoms with E-state index in [1.807, 2.05) is 30.3 Å². The van der Waals surface area contributed by atoms with Crippen LogP contribution in [0.4, 0.5) is 0 Å². The summed E-state index contributed by atoms with van der Waals surface area (Å²) >= 11 is 0. The molecule has 3 rings (SSSR count). The number of carboxylic acid groups (broad SMARTS) is 1. The molecule has 0 aliphatic carbocycles. The summed E-state index contributed by atoms with van der Waals surface area (Å²) in [4.78, 5) is 22.9. The van der Waals surface area contributed by atoms with Gasteiger partial charge in [0.15, 0.2) is 0 Å². The first-order valence-corrected chi connectivity index (χ1v) is 6.56. The monoisotopic (exact) mass is 279 g/mol. The van der Waals surface area contributed by atoms with Gasteiger partial charge in [0.25, 0.3) is 5.56 Å². The Morgan fingerprint density at radius 1 is 0.952 bits per heavy atom. The summed E-state index contributed by atoms with van der Waals surface area (Å²) in [7, 11) is 0. The van der Waals surface area contributed by atoms with E-state index in [0.29, 0.717) is 6.54 Å². The topological polar surface area (TPSA) is 59.3 Å². The van der Waals surface area contributed by atoms with E-state index in [4.69, 9.17) is 5.11 Å². The molecule has 0 fully saturated rings. The lowest BCUT2D eigenvalue weighted by molar-refractivity contribution is 0.0697. The number of benzene rings is 2. The predicted molar refractivity (Wildman–Crippen MR) is 80.7 cm³/mol. The number of fused-ring (bicyclic) bond motifs is 1. The van der Waals surface area contributed by atoms with Crippen molar-refractivity contribution in [3.05, 3.63) is 82.1 Å². The van der Waals surface area contributed by atoms with Crippen molar-refractivity contribution in [2.75, 3.05) is 0 Å². The van der Waals surface area contributed by atoms with Gasteiger partial charge in [0, 0.05) is 6.07 Å². The number of para-hydroxylation sites is 1. The van der Waals surface area contributed by atoms with E-state index in [-0.39, 0.29) is 11.1 Å². The first kappa shape index (κ1) is 13.1. The first-order chi connectivity index (χ1) is 10.1. The van der Waals surface area contributed by atoms with Gasteiger partial charge in [0.2, 0.25) is 0 Å². The molecule has 0 saturated heterocycles. The van der Waals surface area contributed by atoms with E-state index in [1.165, 1.54) is 0 Å². The number of nitrogens with zero attached hydrogens (tertiary/aromatic N) is 1. The van der Waals surface area contributed by atoms with Crippen molar-refractivity contribution in [1.29, 1.82) is 0 Å². The molecule has 0 unspecified atom stereocenters. The highest BCUT2D eigenvalue weighted by molar-refractivity contribution is 5.87. The van der Waals surface area contributed by atoms with Gasteiger partial charge >= 0.3 is 5.97 Å². The molecule has 0 atom stereocenters. The quantitative estimate of drug-likeness (QED) is 0.802. The van der Waals surface area contributed by atoms with Crippen molar-refractivity contribution in [2.24, 2.45) is 0 Å². The van der Waals surface area contributed by atoms with Crippen LogP contribution in [0, 0.1) is 0 Å². The molecule has 0 radical (unpaired) electrons. The summed E-state index contributed by atoms with van der Waals surface area (Å²) in [6, 6.07) is 17.6. The van der Waals surface area contributed by atoms with Crippen molar-refractivity contribution in [1.82, 2.24) is 4.57 Å². The van der Waals surface area contributed by atoms with Crippen LogP contribution in [0.2, 0.25) is 0 Å². The Labute approximate surface area is 120 Å². The maximum absolute atomic E-state index is 12.1. The van der Waals surface area contributed by atoms with Gasteiger partial charge in [-0.05, 0) is 35.2 Å². The fourth-order valence-electron chi connectivity index (χ4n) is 2.34. The van der Waals surface area contributed by atoms with Gasteiger partial charge in [-0.15, -0.1) is 0 Å². The molecule has 0 aliphatic rings. The summed E-state index contributed by atoms with van der Waals surface area (Å²) < 4.78 is 1.69. The molecule has 3 aromatic rings. The number of carboxylic acids is 1. The van der Waals surface area contributed by atoms with E-state index < -0.39 is 5.97 Å². The number of aromatic nitrogens is 1. The average Bonchev–Trinajstić information content (AvgIpc) is 2.51. The van der Waals surface area contributed by atoms with Gasteiger partial charge in [-0.25, -0.2) is 4.79 Å². The second-order valence-corrected chi connectivity index (χ2v) is 4.82. The Morgan fingerprint density at radius 3 is 2.38 bits per heavy atom. The Bertz CT molecular complexity index is 863.